The summed E-state index contributed by atoms with van der Waals surface area (Å²) in [5.74, 6) is -2.39. The molecule has 0 saturated carbocycles. The van der Waals surface area contributed by atoms with Crippen molar-refractivity contribution in [3.63, 3.8) is 0 Å². The quantitative estimate of drug-likeness (QED) is 0.410. The smallest absolute Gasteiger partial charge is 0.308 e. The minimum Gasteiger partial charge on any atom is -0.497 e. The lowest BCUT2D eigenvalue weighted by Crippen LogP contribution is -2.44. The van der Waals surface area contributed by atoms with Crippen LogP contribution in [0.15, 0.2) is 48.7 Å². The maximum atomic E-state index is 13.9. The molecule has 1 aliphatic heterocycles. The largest absolute Gasteiger partial charge is 0.497 e. The number of aromatic nitrogens is 1. The van der Waals surface area contributed by atoms with Gasteiger partial charge in [0.2, 0.25) is 0 Å². The maximum Gasteiger partial charge on any atom is 0.308 e. The highest BCUT2D eigenvalue weighted by Gasteiger charge is 2.34. The molecule has 3 aromatic rings. The number of aryl methyl sites for hydroxylation is 1. The van der Waals surface area contributed by atoms with Crippen LogP contribution in [0.1, 0.15) is 42.9 Å². The van der Waals surface area contributed by atoms with E-state index in [0.29, 0.717) is 56.5 Å². The van der Waals surface area contributed by atoms with Gasteiger partial charge >= 0.3 is 5.97 Å². The summed E-state index contributed by atoms with van der Waals surface area (Å²) in [6, 6.07) is 11.5. The lowest BCUT2D eigenvalue weighted by Gasteiger charge is -2.37. The number of aliphatic carboxylic acids is 1. The molecule has 1 unspecified atom stereocenters. The lowest BCUT2D eigenvalue weighted by molar-refractivity contribution is -0.146. The first-order chi connectivity index (χ1) is 17.4. The van der Waals surface area contributed by atoms with Crippen molar-refractivity contribution in [1.29, 1.82) is 0 Å². The van der Waals surface area contributed by atoms with E-state index < -0.39 is 29.6 Å². The standard InChI is InChI=1S/C28H32F2N2O4/c1-36-20-8-9-25-22(16-20)21(11-13-31-25)26(33)10-7-18-12-15-32(17-23(18)28(34)35)14-3-5-19-4-2-6-24(29)27(19)30/h2,4,6,8-9,11,13,16,18,23,26,33H,3,5,7,10,12,14-15,17H2,1H3,(H,34,35)/t18-,23+,26?/m1/s1. The SMILES string of the molecule is COc1ccc2nccc(C(O)CC[C@@H]3CCN(CCCc4cccc(F)c4F)C[C@@H]3C(=O)O)c2c1. The van der Waals surface area contributed by atoms with Crippen molar-refractivity contribution >= 4 is 16.9 Å². The molecule has 1 aliphatic rings. The minimum absolute atomic E-state index is 0.0447. The molecule has 192 valence electrons. The number of nitrogens with zero attached hydrogens (tertiary/aromatic N) is 2. The number of carbonyl (C=O) groups is 1. The second-order valence-corrected chi connectivity index (χ2v) is 9.49. The molecule has 0 spiro atoms. The molecule has 6 nitrogen and oxygen atoms in total. The third kappa shape index (κ3) is 5.99. The number of aliphatic hydroxyl groups is 1. The zero-order chi connectivity index (χ0) is 25.7. The summed E-state index contributed by atoms with van der Waals surface area (Å²) in [5.41, 5.74) is 1.87. The summed E-state index contributed by atoms with van der Waals surface area (Å²) in [6.45, 7) is 1.78. The Kier molecular flexibility index (Phi) is 8.48. The van der Waals surface area contributed by atoms with Crippen LogP contribution >= 0.6 is 0 Å². The molecule has 0 amide bonds. The fourth-order valence-electron chi connectivity index (χ4n) is 5.22. The van der Waals surface area contributed by atoms with Gasteiger partial charge < -0.3 is 19.8 Å². The number of halogens is 2. The first kappa shape index (κ1) is 26.0. The molecule has 4 rings (SSSR count). The number of benzene rings is 2. The topological polar surface area (TPSA) is 82.9 Å². The van der Waals surface area contributed by atoms with Crippen LogP contribution < -0.4 is 4.74 Å². The molecule has 8 heteroatoms. The van der Waals surface area contributed by atoms with Gasteiger partial charge in [-0.15, -0.1) is 0 Å². The Labute approximate surface area is 209 Å². The van der Waals surface area contributed by atoms with E-state index in [4.69, 9.17) is 4.74 Å². The molecular weight excluding hydrogens is 466 g/mol. The van der Waals surface area contributed by atoms with Crippen molar-refractivity contribution in [1.82, 2.24) is 9.88 Å². The predicted octanol–water partition coefficient (Wildman–Crippen LogP) is 4.99. The van der Waals surface area contributed by atoms with E-state index in [1.807, 2.05) is 18.2 Å². The molecule has 0 aliphatic carbocycles. The zero-order valence-corrected chi connectivity index (χ0v) is 20.4. The van der Waals surface area contributed by atoms with Gasteiger partial charge in [-0.1, -0.05) is 12.1 Å². The normalized spacial score (nSPS) is 19.3. The van der Waals surface area contributed by atoms with Gasteiger partial charge in [0.15, 0.2) is 11.6 Å². The summed E-state index contributed by atoms with van der Waals surface area (Å²) in [4.78, 5) is 18.5. The highest BCUT2D eigenvalue weighted by atomic mass is 19.2. The molecule has 1 fully saturated rings. The molecule has 0 radical (unpaired) electrons. The average Bonchev–Trinajstić information content (AvgIpc) is 2.89. The van der Waals surface area contributed by atoms with Crippen molar-refractivity contribution in [3.8, 4) is 5.75 Å². The number of hydrogen-bond acceptors (Lipinski definition) is 5. The van der Waals surface area contributed by atoms with Gasteiger partial charge in [0.1, 0.15) is 5.75 Å². The van der Waals surface area contributed by atoms with E-state index in [-0.39, 0.29) is 5.92 Å². The average molecular weight is 499 g/mol. The van der Waals surface area contributed by atoms with E-state index in [1.54, 1.807) is 25.4 Å². The molecular formula is C28H32F2N2O4. The molecule has 2 N–H and O–H groups in total. The third-order valence-corrected chi connectivity index (χ3v) is 7.26. The number of fused-ring (bicyclic) bond motifs is 1. The van der Waals surface area contributed by atoms with Crippen molar-refractivity contribution < 1.29 is 28.5 Å². The second-order valence-electron chi connectivity index (χ2n) is 9.49. The summed E-state index contributed by atoms with van der Waals surface area (Å²) < 4.78 is 32.6. The lowest BCUT2D eigenvalue weighted by atomic mass is 9.81. The number of carboxylic acids is 1. The van der Waals surface area contributed by atoms with E-state index in [9.17, 15) is 23.8 Å². The monoisotopic (exact) mass is 498 g/mol. The van der Waals surface area contributed by atoms with Crippen LogP contribution in [0.4, 0.5) is 8.78 Å². The molecule has 2 aromatic carbocycles. The number of aliphatic hydroxyl groups excluding tert-OH is 1. The van der Waals surface area contributed by atoms with Gasteiger partial charge in [0.05, 0.1) is 24.6 Å². The molecule has 1 saturated heterocycles. The highest BCUT2D eigenvalue weighted by molar-refractivity contribution is 5.83. The number of piperidine rings is 1. The van der Waals surface area contributed by atoms with Gasteiger partial charge in [-0.05, 0) is 92.6 Å². The Bertz CT molecular complexity index is 1210. The van der Waals surface area contributed by atoms with Gasteiger partial charge in [0.25, 0.3) is 0 Å². The number of methoxy groups -OCH3 is 1. The molecule has 0 bridgehead atoms. The van der Waals surface area contributed by atoms with Gasteiger partial charge in [-0.25, -0.2) is 8.78 Å². The first-order valence-corrected chi connectivity index (χ1v) is 12.4. The van der Waals surface area contributed by atoms with Crippen LogP contribution in [0, 0.1) is 23.5 Å². The Balaban J connectivity index is 1.33. The highest BCUT2D eigenvalue weighted by Crippen LogP contribution is 2.34. The minimum atomic E-state index is -0.847. The summed E-state index contributed by atoms with van der Waals surface area (Å²) in [6.07, 6.45) is 3.70. The molecule has 2 heterocycles. The van der Waals surface area contributed by atoms with E-state index >= 15 is 0 Å². The third-order valence-electron chi connectivity index (χ3n) is 7.26. The zero-order valence-electron chi connectivity index (χ0n) is 20.4. The number of carboxylic acid groups (broad SMARTS) is 1. The molecule has 36 heavy (non-hydrogen) atoms. The van der Waals surface area contributed by atoms with Crippen LogP contribution in [0.25, 0.3) is 10.9 Å². The fourth-order valence-corrected chi connectivity index (χ4v) is 5.22. The summed E-state index contributed by atoms with van der Waals surface area (Å²) in [5, 5.41) is 21.7. The van der Waals surface area contributed by atoms with Gasteiger partial charge in [0, 0.05) is 18.1 Å². The summed E-state index contributed by atoms with van der Waals surface area (Å²) >= 11 is 0. The van der Waals surface area contributed by atoms with Crippen molar-refractivity contribution in [3.05, 3.63) is 71.4 Å². The number of rotatable bonds is 10. The van der Waals surface area contributed by atoms with Crippen LogP contribution in [0.3, 0.4) is 0 Å². The second kappa shape index (κ2) is 11.8. The molecule has 3 atom stereocenters. The van der Waals surface area contributed by atoms with Gasteiger partial charge in [-0.2, -0.15) is 0 Å². The number of hydrogen-bond donors (Lipinski definition) is 2. The Morgan fingerprint density at radius 2 is 2.08 bits per heavy atom. The van der Waals surface area contributed by atoms with E-state index in [1.165, 1.54) is 6.07 Å². The van der Waals surface area contributed by atoms with Crippen molar-refractivity contribution in [2.24, 2.45) is 11.8 Å². The Morgan fingerprint density at radius 3 is 2.86 bits per heavy atom. The number of pyridine rings is 1. The summed E-state index contributed by atoms with van der Waals surface area (Å²) in [7, 11) is 1.59. The van der Waals surface area contributed by atoms with Gasteiger partial charge in [-0.3, -0.25) is 9.78 Å². The maximum absolute atomic E-state index is 13.9. The first-order valence-electron chi connectivity index (χ1n) is 12.4. The number of ether oxygens (including phenoxy) is 1. The van der Waals surface area contributed by atoms with Crippen LogP contribution in [0.2, 0.25) is 0 Å². The Hall–Kier alpha value is -3.10. The van der Waals surface area contributed by atoms with Crippen LogP contribution in [-0.2, 0) is 11.2 Å². The predicted molar refractivity (Wildman–Crippen MR) is 133 cm³/mol. The van der Waals surface area contributed by atoms with E-state index in [2.05, 4.69) is 9.88 Å². The van der Waals surface area contributed by atoms with Crippen LogP contribution in [0.5, 0.6) is 5.75 Å². The Morgan fingerprint density at radius 1 is 1.25 bits per heavy atom. The van der Waals surface area contributed by atoms with E-state index in [0.717, 1.165) is 29.1 Å². The fraction of sp³-hybridized carbons (Fsp3) is 0.429. The van der Waals surface area contributed by atoms with Crippen molar-refractivity contribution in [2.45, 2.75) is 38.2 Å². The number of likely N-dealkylation sites (tertiary alicyclic amines) is 1. The molecule has 1 aromatic heterocycles. The van der Waals surface area contributed by atoms with Crippen molar-refractivity contribution in [2.75, 3.05) is 26.7 Å². The van der Waals surface area contributed by atoms with Crippen LogP contribution in [-0.4, -0.2) is 52.8 Å².